The van der Waals surface area contributed by atoms with Gasteiger partial charge in [-0.15, -0.1) is 0 Å². The number of hydrogen-bond donors (Lipinski definition) is 1. The van der Waals surface area contributed by atoms with Crippen LogP contribution in [0.5, 0.6) is 0 Å². The molecule has 0 heterocycles. The van der Waals surface area contributed by atoms with Gasteiger partial charge in [0.15, 0.2) is 0 Å². The largest absolute Gasteiger partial charge is 0.465 e. The van der Waals surface area contributed by atoms with E-state index < -0.39 is 29.1 Å². The van der Waals surface area contributed by atoms with Gasteiger partial charge in [-0.3, -0.25) is 24.5 Å². The maximum Gasteiger partial charge on any atom is 0.325 e. The topological polar surface area (TPSA) is 116 Å². The van der Waals surface area contributed by atoms with E-state index in [0.717, 1.165) is 0 Å². The predicted molar refractivity (Wildman–Crippen MR) is 71.5 cm³/mol. The fourth-order valence-corrected chi connectivity index (χ4v) is 1.51. The molecule has 1 aromatic carbocycles. The first kappa shape index (κ1) is 16.3. The standard InChI is InChI=1S/C13H14N2O6/c1-2-21-12(17)8-14-13(18)11(16)7-9-4-3-5-10(6-9)15(19)20/h3-6H,2,7-8H2,1H3,(H,14,18). The third kappa shape index (κ3) is 5.39. The number of nitro benzene ring substituents is 1. The quantitative estimate of drug-likeness (QED) is 0.336. The summed E-state index contributed by atoms with van der Waals surface area (Å²) in [5, 5.41) is 12.7. The van der Waals surface area contributed by atoms with Crippen LogP contribution in [0.4, 0.5) is 5.69 Å². The van der Waals surface area contributed by atoms with Crippen LogP contribution in [0.1, 0.15) is 12.5 Å². The Morgan fingerprint density at radius 1 is 1.33 bits per heavy atom. The highest BCUT2D eigenvalue weighted by molar-refractivity contribution is 6.36. The molecule has 1 rings (SSSR count). The van der Waals surface area contributed by atoms with Gasteiger partial charge in [0, 0.05) is 18.6 Å². The van der Waals surface area contributed by atoms with Crippen molar-refractivity contribution in [3.05, 3.63) is 39.9 Å². The molecular formula is C13H14N2O6. The second kappa shape index (κ2) is 7.73. The van der Waals surface area contributed by atoms with Gasteiger partial charge in [0.05, 0.1) is 11.5 Å². The number of benzene rings is 1. The zero-order valence-corrected chi connectivity index (χ0v) is 11.3. The first-order valence-corrected chi connectivity index (χ1v) is 6.14. The fourth-order valence-electron chi connectivity index (χ4n) is 1.51. The first-order valence-electron chi connectivity index (χ1n) is 6.14. The zero-order chi connectivity index (χ0) is 15.8. The number of hydrogen-bond acceptors (Lipinski definition) is 6. The summed E-state index contributed by atoms with van der Waals surface area (Å²) in [7, 11) is 0. The van der Waals surface area contributed by atoms with E-state index >= 15 is 0 Å². The lowest BCUT2D eigenvalue weighted by Gasteiger charge is -2.04. The van der Waals surface area contributed by atoms with E-state index in [2.05, 4.69) is 10.1 Å². The highest BCUT2D eigenvalue weighted by Gasteiger charge is 2.16. The smallest absolute Gasteiger partial charge is 0.325 e. The Labute approximate surface area is 120 Å². The number of ketones is 1. The molecule has 8 nitrogen and oxygen atoms in total. The Morgan fingerprint density at radius 3 is 2.67 bits per heavy atom. The van der Waals surface area contributed by atoms with Crippen molar-refractivity contribution in [2.24, 2.45) is 0 Å². The van der Waals surface area contributed by atoms with E-state index in [1.54, 1.807) is 6.92 Å². The molecule has 0 aromatic heterocycles. The number of nitro groups is 1. The molecule has 1 amide bonds. The van der Waals surface area contributed by atoms with Gasteiger partial charge in [0.25, 0.3) is 11.6 Å². The number of rotatable bonds is 7. The van der Waals surface area contributed by atoms with Gasteiger partial charge in [-0.1, -0.05) is 12.1 Å². The molecule has 1 N–H and O–H groups in total. The molecule has 0 fully saturated rings. The Bertz CT molecular complexity index is 570. The lowest BCUT2D eigenvalue weighted by Crippen LogP contribution is -2.36. The number of nitrogens with zero attached hydrogens (tertiary/aromatic N) is 1. The maximum atomic E-state index is 11.6. The molecule has 0 spiro atoms. The number of nitrogens with one attached hydrogen (secondary N) is 1. The van der Waals surface area contributed by atoms with E-state index in [4.69, 9.17) is 0 Å². The summed E-state index contributed by atoms with van der Waals surface area (Å²) in [5.74, 6) is -2.37. The molecule has 0 aliphatic rings. The molecule has 8 heteroatoms. The average Bonchev–Trinajstić information content (AvgIpc) is 2.45. The van der Waals surface area contributed by atoms with Crippen molar-refractivity contribution in [3.63, 3.8) is 0 Å². The van der Waals surface area contributed by atoms with Crippen molar-refractivity contribution in [2.45, 2.75) is 13.3 Å². The summed E-state index contributed by atoms with van der Waals surface area (Å²) in [6, 6.07) is 5.44. The first-order chi connectivity index (χ1) is 9.93. The van der Waals surface area contributed by atoms with E-state index in [0.29, 0.717) is 5.56 Å². The molecule has 0 unspecified atom stereocenters. The number of esters is 1. The minimum atomic E-state index is -0.936. The molecule has 21 heavy (non-hydrogen) atoms. The highest BCUT2D eigenvalue weighted by Crippen LogP contribution is 2.13. The normalized spacial score (nSPS) is 9.76. The number of carbonyl (C=O) groups excluding carboxylic acids is 3. The van der Waals surface area contributed by atoms with Gasteiger partial charge >= 0.3 is 5.97 Å². The van der Waals surface area contributed by atoms with Crippen LogP contribution in [0.2, 0.25) is 0 Å². The fraction of sp³-hybridized carbons (Fsp3) is 0.308. The molecule has 1 aromatic rings. The van der Waals surface area contributed by atoms with E-state index in [-0.39, 0.29) is 18.7 Å². The second-order valence-corrected chi connectivity index (χ2v) is 4.01. The molecule has 112 valence electrons. The highest BCUT2D eigenvalue weighted by atomic mass is 16.6. The molecule has 0 radical (unpaired) electrons. The van der Waals surface area contributed by atoms with Crippen molar-refractivity contribution in [3.8, 4) is 0 Å². The Morgan fingerprint density at radius 2 is 2.05 bits per heavy atom. The number of amides is 1. The number of Topliss-reactive ketones (excluding diaryl/α,β-unsaturated/α-hetero) is 1. The molecule has 0 bridgehead atoms. The zero-order valence-electron chi connectivity index (χ0n) is 11.3. The Hall–Kier alpha value is -2.77. The minimum absolute atomic E-state index is 0.160. The summed E-state index contributed by atoms with van der Waals surface area (Å²) in [4.78, 5) is 44.1. The molecular weight excluding hydrogens is 280 g/mol. The molecule has 0 saturated heterocycles. The summed E-state index contributed by atoms with van der Waals surface area (Å²) < 4.78 is 4.59. The lowest BCUT2D eigenvalue weighted by molar-refractivity contribution is -0.384. The van der Waals surface area contributed by atoms with Crippen LogP contribution >= 0.6 is 0 Å². The summed E-state index contributed by atoms with van der Waals surface area (Å²) >= 11 is 0. The average molecular weight is 294 g/mol. The lowest BCUT2D eigenvalue weighted by atomic mass is 10.1. The number of ether oxygens (including phenoxy) is 1. The van der Waals surface area contributed by atoms with Crippen LogP contribution < -0.4 is 5.32 Å². The summed E-state index contributed by atoms with van der Waals surface area (Å²) in [6.45, 7) is 1.40. The van der Waals surface area contributed by atoms with Crippen LogP contribution in [0.15, 0.2) is 24.3 Å². The van der Waals surface area contributed by atoms with Crippen molar-refractivity contribution in [1.29, 1.82) is 0 Å². The van der Waals surface area contributed by atoms with Crippen molar-refractivity contribution >= 4 is 23.3 Å². The second-order valence-electron chi connectivity index (χ2n) is 4.01. The van der Waals surface area contributed by atoms with Crippen LogP contribution in [0.25, 0.3) is 0 Å². The van der Waals surface area contributed by atoms with Gasteiger partial charge in [-0.2, -0.15) is 0 Å². The van der Waals surface area contributed by atoms with Gasteiger partial charge in [-0.05, 0) is 12.5 Å². The van der Waals surface area contributed by atoms with E-state index in [1.807, 2.05) is 0 Å². The number of carbonyl (C=O) groups is 3. The maximum absolute atomic E-state index is 11.6. The van der Waals surface area contributed by atoms with Gasteiger partial charge in [-0.25, -0.2) is 0 Å². The van der Waals surface area contributed by atoms with Crippen molar-refractivity contribution < 1.29 is 24.0 Å². The number of non-ortho nitro benzene ring substituents is 1. The third-order valence-electron chi connectivity index (χ3n) is 2.44. The summed E-state index contributed by atoms with van der Waals surface area (Å²) in [5.41, 5.74) is 0.188. The van der Waals surface area contributed by atoms with Crippen molar-refractivity contribution in [2.75, 3.05) is 13.2 Å². The van der Waals surface area contributed by atoms with Crippen LogP contribution in [-0.4, -0.2) is 35.7 Å². The Balaban J connectivity index is 2.56. The van der Waals surface area contributed by atoms with Gasteiger partial charge in [0.2, 0.25) is 5.78 Å². The van der Waals surface area contributed by atoms with Crippen LogP contribution in [0, 0.1) is 10.1 Å². The predicted octanol–water partition coefficient (Wildman–Crippen LogP) is 0.386. The van der Waals surface area contributed by atoms with E-state index in [1.165, 1.54) is 24.3 Å². The molecule has 0 aliphatic heterocycles. The van der Waals surface area contributed by atoms with E-state index in [9.17, 15) is 24.5 Å². The minimum Gasteiger partial charge on any atom is -0.465 e. The van der Waals surface area contributed by atoms with Crippen LogP contribution in [0.3, 0.4) is 0 Å². The van der Waals surface area contributed by atoms with Crippen molar-refractivity contribution in [1.82, 2.24) is 5.32 Å². The molecule has 0 atom stereocenters. The monoisotopic (exact) mass is 294 g/mol. The van der Waals surface area contributed by atoms with Crippen LogP contribution in [-0.2, 0) is 25.5 Å². The third-order valence-corrected chi connectivity index (χ3v) is 2.44. The van der Waals surface area contributed by atoms with Gasteiger partial charge in [0.1, 0.15) is 6.54 Å². The van der Waals surface area contributed by atoms with Gasteiger partial charge < -0.3 is 10.1 Å². The Kier molecular flexibility index (Phi) is 5.99. The SMILES string of the molecule is CCOC(=O)CNC(=O)C(=O)Cc1cccc([N+](=O)[O-])c1. The molecule has 0 aliphatic carbocycles. The molecule has 0 saturated carbocycles. The summed E-state index contributed by atoms with van der Waals surface area (Å²) in [6.07, 6.45) is -0.281.